The average Bonchev–Trinajstić information content (AvgIpc) is 3.73. The summed E-state index contributed by atoms with van der Waals surface area (Å²) in [5.74, 6) is 0. The topological polar surface area (TPSA) is 16.4 Å². The molecule has 0 aliphatic heterocycles. The molecule has 3 heteroatoms. The second-order valence-corrected chi connectivity index (χ2v) is 21.2. The molecule has 0 saturated heterocycles. The summed E-state index contributed by atoms with van der Waals surface area (Å²) in [5, 5.41) is 14.9. The number of benzene rings is 11. The lowest BCUT2D eigenvalue weighted by Gasteiger charge is -2.35. The Morgan fingerprint density at radius 2 is 0.877 bits per heavy atom. The molecule has 308 valence electrons. The molecule has 1 aromatic heterocycles. The molecule has 0 spiro atoms. The van der Waals surface area contributed by atoms with Gasteiger partial charge in [0.05, 0.1) is 0 Å². The van der Waals surface area contributed by atoms with Crippen molar-refractivity contribution >= 4 is 100 Å². The van der Waals surface area contributed by atoms with Crippen LogP contribution in [-0.2, 0) is 0 Å². The minimum absolute atomic E-state index is 0.924. The number of fused-ring (bicyclic) bond motifs is 7. The average molecular weight is 848 g/mol. The van der Waals surface area contributed by atoms with Gasteiger partial charge in [0, 0.05) is 33.2 Å². The number of hydrogen-bond acceptors (Lipinski definition) is 2. The summed E-state index contributed by atoms with van der Waals surface area (Å²) in [4.78, 5) is 2.45. The zero-order valence-electron chi connectivity index (χ0n) is 36.4. The first-order valence-corrected chi connectivity index (χ1v) is 24.5. The molecule has 1 heterocycles. The highest BCUT2D eigenvalue weighted by molar-refractivity contribution is 7.19. The van der Waals surface area contributed by atoms with E-state index in [9.17, 15) is 0 Å². The van der Waals surface area contributed by atoms with E-state index < -0.39 is 8.07 Å². The second kappa shape index (κ2) is 15.7. The van der Waals surface area contributed by atoms with Crippen molar-refractivity contribution in [2.45, 2.75) is 13.8 Å². The van der Waals surface area contributed by atoms with Crippen molar-refractivity contribution < 1.29 is 4.42 Å². The molecule has 0 radical (unpaired) electrons. The first-order valence-electron chi connectivity index (χ1n) is 22.5. The van der Waals surface area contributed by atoms with Gasteiger partial charge in [-0.05, 0) is 151 Å². The molecule has 0 aliphatic rings. The van der Waals surface area contributed by atoms with E-state index in [4.69, 9.17) is 4.42 Å². The Morgan fingerprint density at radius 1 is 0.354 bits per heavy atom. The summed E-state index contributed by atoms with van der Waals surface area (Å²) < 4.78 is 6.61. The van der Waals surface area contributed by atoms with Crippen LogP contribution in [0.3, 0.4) is 0 Å². The van der Waals surface area contributed by atoms with Crippen LogP contribution >= 0.6 is 0 Å². The summed E-state index contributed by atoms with van der Waals surface area (Å²) in [6.45, 7) is 4.50. The van der Waals surface area contributed by atoms with Gasteiger partial charge in [0.25, 0.3) is 0 Å². The molecule has 0 N–H and O–H groups in total. The molecule has 0 unspecified atom stereocenters. The molecule has 12 rings (SSSR count). The van der Waals surface area contributed by atoms with Gasteiger partial charge in [0.1, 0.15) is 11.2 Å². The van der Waals surface area contributed by atoms with Crippen LogP contribution < -0.4 is 25.6 Å². The maximum Gasteiger partial charge on any atom is 0.179 e. The number of aryl methyl sites for hydroxylation is 2. The third-order valence-electron chi connectivity index (χ3n) is 13.6. The van der Waals surface area contributed by atoms with E-state index in [0.29, 0.717) is 0 Å². The summed E-state index contributed by atoms with van der Waals surface area (Å²) in [6, 6.07) is 87.4. The smallest absolute Gasteiger partial charge is 0.179 e. The van der Waals surface area contributed by atoms with Crippen LogP contribution in [0.4, 0.5) is 17.1 Å². The first-order chi connectivity index (χ1) is 32.0. The van der Waals surface area contributed by atoms with Gasteiger partial charge in [-0.15, -0.1) is 0 Å². The molecule has 0 fully saturated rings. The highest BCUT2D eigenvalue weighted by Gasteiger charge is 2.41. The molecular formula is C62H45NOSi. The van der Waals surface area contributed by atoms with Crippen molar-refractivity contribution in [2.75, 3.05) is 4.90 Å². The van der Waals surface area contributed by atoms with E-state index in [1.54, 1.807) is 0 Å². The maximum absolute atomic E-state index is 6.61. The van der Waals surface area contributed by atoms with Crippen LogP contribution in [0.25, 0.3) is 65.4 Å². The van der Waals surface area contributed by atoms with E-state index in [0.717, 1.165) is 44.4 Å². The molecule has 0 atom stereocenters. The minimum atomic E-state index is -2.70. The van der Waals surface area contributed by atoms with Crippen LogP contribution in [0.2, 0.25) is 0 Å². The Kier molecular flexibility index (Phi) is 9.32. The first kappa shape index (κ1) is 38.7. The summed E-state index contributed by atoms with van der Waals surface area (Å²) >= 11 is 0. The van der Waals surface area contributed by atoms with Crippen molar-refractivity contribution in [2.24, 2.45) is 0 Å². The van der Waals surface area contributed by atoms with E-state index in [1.807, 2.05) is 0 Å². The Morgan fingerprint density at radius 3 is 1.52 bits per heavy atom. The van der Waals surface area contributed by atoms with Crippen molar-refractivity contribution in [3.8, 4) is 11.1 Å². The number of hydrogen-bond donors (Lipinski definition) is 0. The molecule has 0 aliphatic carbocycles. The second-order valence-electron chi connectivity index (χ2n) is 17.4. The highest BCUT2D eigenvalue weighted by Crippen LogP contribution is 2.42. The van der Waals surface area contributed by atoms with Crippen LogP contribution in [0.5, 0.6) is 0 Å². The lowest BCUT2D eigenvalue weighted by molar-refractivity contribution is 0.673. The van der Waals surface area contributed by atoms with Crippen molar-refractivity contribution in [3.05, 3.63) is 248 Å². The Labute approximate surface area is 380 Å². The number of furan rings is 1. The van der Waals surface area contributed by atoms with Gasteiger partial charge in [-0.3, -0.25) is 0 Å². The lowest BCUT2D eigenvalue weighted by atomic mass is 9.94. The van der Waals surface area contributed by atoms with E-state index in [2.05, 4.69) is 255 Å². The predicted octanol–water partition coefficient (Wildman–Crippen LogP) is 14.2. The Balaban J connectivity index is 0.985. The zero-order valence-corrected chi connectivity index (χ0v) is 37.4. The van der Waals surface area contributed by atoms with Gasteiger partial charge < -0.3 is 9.32 Å². The van der Waals surface area contributed by atoms with E-state index >= 15 is 0 Å². The summed E-state index contributed by atoms with van der Waals surface area (Å²) in [5.41, 5.74) is 10.1. The fourth-order valence-corrected chi connectivity index (χ4v) is 15.2. The largest absolute Gasteiger partial charge is 0.455 e. The number of nitrogens with zero attached hydrogens (tertiary/aromatic N) is 1. The van der Waals surface area contributed by atoms with Crippen LogP contribution in [0.1, 0.15) is 11.1 Å². The van der Waals surface area contributed by atoms with Crippen LogP contribution in [0, 0.1) is 13.8 Å². The van der Waals surface area contributed by atoms with Crippen molar-refractivity contribution in [1.82, 2.24) is 0 Å². The standard InChI is InChI=1S/C62H45NOSi/c1-42-37-60(43(2)36-58(42)49-27-34-56-48(38-49)28-35-57-59-40-46-18-14-15-19-47(46)41-61(59)64-62(56)57)63(51-29-26-44-16-12-13-17-45(44)39-51)50-30-32-55(33-31-50)65(52-20-6-3-7-21-52,53-22-8-4-9-23-53)54-24-10-5-11-25-54/h3-41H,1-2H3. The lowest BCUT2D eigenvalue weighted by Crippen LogP contribution is -2.74. The van der Waals surface area contributed by atoms with Crippen LogP contribution in [0.15, 0.2) is 241 Å². The van der Waals surface area contributed by atoms with E-state index in [1.165, 1.54) is 69.9 Å². The number of anilines is 3. The molecule has 2 nitrogen and oxygen atoms in total. The van der Waals surface area contributed by atoms with Gasteiger partial charge in [-0.25, -0.2) is 0 Å². The predicted molar refractivity (Wildman–Crippen MR) is 279 cm³/mol. The minimum Gasteiger partial charge on any atom is -0.455 e. The third-order valence-corrected chi connectivity index (χ3v) is 18.4. The van der Waals surface area contributed by atoms with Gasteiger partial charge in [0.2, 0.25) is 0 Å². The Bertz CT molecular complexity index is 3630. The molecule has 0 saturated carbocycles. The monoisotopic (exact) mass is 847 g/mol. The van der Waals surface area contributed by atoms with E-state index in [-0.39, 0.29) is 0 Å². The normalized spacial score (nSPS) is 11.8. The van der Waals surface area contributed by atoms with Crippen molar-refractivity contribution in [3.63, 3.8) is 0 Å². The van der Waals surface area contributed by atoms with Gasteiger partial charge >= 0.3 is 0 Å². The quantitative estimate of drug-likeness (QED) is 0.112. The summed E-state index contributed by atoms with van der Waals surface area (Å²) in [7, 11) is -2.70. The molecule has 11 aromatic carbocycles. The molecule has 12 aromatic rings. The van der Waals surface area contributed by atoms with Gasteiger partial charge in [-0.2, -0.15) is 0 Å². The molecule has 0 bridgehead atoms. The van der Waals surface area contributed by atoms with Gasteiger partial charge in [-0.1, -0.05) is 170 Å². The maximum atomic E-state index is 6.61. The molecule has 0 amide bonds. The van der Waals surface area contributed by atoms with Crippen LogP contribution in [-0.4, -0.2) is 8.07 Å². The zero-order chi connectivity index (χ0) is 43.5. The fraction of sp³-hybridized carbons (Fsp3) is 0.0323. The Hall–Kier alpha value is -7.98. The fourth-order valence-electron chi connectivity index (χ4n) is 10.4. The van der Waals surface area contributed by atoms with Crippen molar-refractivity contribution in [1.29, 1.82) is 0 Å². The third kappa shape index (κ3) is 6.46. The number of rotatable bonds is 8. The molecule has 65 heavy (non-hydrogen) atoms. The highest BCUT2D eigenvalue weighted by atomic mass is 28.3. The van der Waals surface area contributed by atoms with Gasteiger partial charge in [0.15, 0.2) is 8.07 Å². The molecular weight excluding hydrogens is 803 g/mol. The summed E-state index contributed by atoms with van der Waals surface area (Å²) in [6.07, 6.45) is 0. The SMILES string of the molecule is Cc1cc(N(c2ccc([Si](c3ccccc3)(c3ccccc3)c3ccccc3)cc2)c2ccc3ccccc3c2)c(C)cc1-c1ccc2c(ccc3c4cc5ccccc5cc4oc23)c1.